The summed E-state index contributed by atoms with van der Waals surface area (Å²) >= 11 is 3.94. The van der Waals surface area contributed by atoms with Gasteiger partial charge in [0.2, 0.25) is 5.91 Å². The summed E-state index contributed by atoms with van der Waals surface area (Å²) in [6.07, 6.45) is 0.349. The molecule has 14 nitrogen and oxygen atoms in total. The Balaban J connectivity index is 2.38. The molecule has 1 saturated heterocycles. The third-order valence-corrected chi connectivity index (χ3v) is 6.71. The number of aliphatic carboxylic acids is 4. The molecule has 1 heterocycles. The van der Waals surface area contributed by atoms with Crippen LogP contribution in [0.15, 0.2) is 24.3 Å². The average molecular weight is 584 g/mol. The van der Waals surface area contributed by atoms with Gasteiger partial charge in [-0.15, -0.1) is 0 Å². The first-order chi connectivity index (χ1) is 18.9. The van der Waals surface area contributed by atoms with Gasteiger partial charge in [-0.05, 0) is 24.1 Å². The fourth-order valence-corrected chi connectivity index (χ4v) is 4.63. The molecule has 0 radical (unpaired) electrons. The molecule has 1 amide bonds. The zero-order valence-corrected chi connectivity index (χ0v) is 23.0. The first kappa shape index (κ1) is 33.0. The maximum Gasteiger partial charge on any atom is 0.317 e. The normalized spacial score (nSPS) is 18.8. The lowest BCUT2D eigenvalue weighted by molar-refractivity contribution is -0.142. The minimum absolute atomic E-state index is 0.0240. The number of amides is 1. The van der Waals surface area contributed by atoms with E-state index in [1.165, 1.54) is 0 Å². The van der Waals surface area contributed by atoms with Gasteiger partial charge in [0, 0.05) is 57.5 Å². The van der Waals surface area contributed by atoms with Crippen molar-refractivity contribution < 1.29 is 44.4 Å². The highest BCUT2D eigenvalue weighted by Crippen LogP contribution is 2.16. The van der Waals surface area contributed by atoms with E-state index in [4.69, 9.17) is 0 Å². The summed E-state index contributed by atoms with van der Waals surface area (Å²) in [5.41, 5.74) is 1.39. The number of hydrogen-bond acceptors (Lipinski definition) is 10. The lowest BCUT2D eigenvalue weighted by Gasteiger charge is -2.37. The Morgan fingerprint density at radius 2 is 1.15 bits per heavy atom. The lowest BCUT2D eigenvalue weighted by Crippen LogP contribution is -2.53. The smallest absolute Gasteiger partial charge is 0.317 e. The number of carboxylic acids is 4. The van der Waals surface area contributed by atoms with Gasteiger partial charge in [0.1, 0.15) is 0 Å². The van der Waals surface area contributed by atoms with E-state index in [-0.39, 0.29) is 83.7 Å². The standard InChI is InChI=1S/C25H37N5O9S/c31-21(17-40)26-19-3-1-18(2-4-19)11-20-12-29(15-24(36)37)8-7-27(13-22(32)33)5-6-28(14-23(34)35)9-10-30(20)16-25(38)39/h1-4,20,40H,5-17H2,(H,26,31)(H,32,33)(H,34,35)(H,36,37)(H,38,39). The minimum atomic E-state index is -1.08. The molecule has 1 atom stereocenters. The highest BCUT2D eigenvalue weighted by Gasteiger charge is 2.27. The minimum Gasteiger partial charge on any atom is -0.480 e. The number of carboxylic acid groups (broad SMARTS) is 4. The summed E-state index contributed by atoms with van der Waals surface area (Å²) in [5, 5.41) is 40.6. The monoisotopic (exact) mass is 583 g/mol. The van der Waals surface area contributed by atoms with Crippen LogP contribution in [0.4, 0.5) is 5.69 Å². The molecule has 1 aliphatic rings. The molecule has 0 spiro atoms. The number of rotatable bonds is 12. The quantitative estimate of drug-likeness (QED) is 0.165. The number of hydrogen-bond donors (Lipinski definition) is 6. The van der Waals surface area contributed by atoms with E-state index in [0.29, 0.717) is 12.1 Å². The van der Waals surface area contributed by atoms with E-state index in [9.17, 15) is 44.4 Å². The second-order valence-electron chi connectivity index (χ2n) is 9.59. The van der Waals surface area contributed by atoms with Crippen molar-refractivity contribution in [3.63, 3.8) is 0 Å². The molecule has 1 aromatic carbocycles. The highest BCUT2D eigenvalue weighted by atomic mass is 32.1. The van der Waals surface area contributed by atoms with E-state index in [0.717, 1.165) is 5.56 Å². The summed E-state index contributed by atoms with van der Waals surface area (Å²) in [5.74, 6) is -4.51. The molecule has 40 heavy (non-hydrogen) atoms. The lowest BCUT2D eigenvalue weighted by atomic mass is 10.0. The first-order valence-corrected chi connectivity index (χ1v) is 13.4. The van der Waals surface area contributed by atoms with Gasteiger partial charge < -0.3 is 25.7 Å². The highest BCUT2D eigenvalue weighted by molar-refractivity contribution is 7.81. The van der Waals surface area contributed by atoms with Crippen molar-refractivity contribution in [2.45, 2.75) is 12.5 Å². The van der Waals surface area contributed by atoms with E-state index in [2.05, 4.69) is 17.9 Å². The fourth-order valence-electron chi connectivity index (χ4n) is 4.55. The predicted molar refractivity (Wildman–Crippen MR) is 148 cm³/mol. The Morgan fingerprint density at radius 1 is 0.700 bits per heavy atom. The van der Waals surface area contributed by atoms with Crippen LogP contribution < -0.4 is 5.32 Å². The van der Waals surface area contributed by atoms with Gasteiger partial charge in [0.15, 0.2) is 0 Å². The number of anilines is 1. The van der Waals surface area contributed by atoms with Gasteiger partial charge in [-0.3, -0.25) is 43.6 Å². The van der Waals surface area contributed by atoms with E-state index in [1.54, 1.807) is 43.9 Å². The van der Waals surface area contributed by atoms with Gasteiger partial charge in [0.05, 0.1) is 31.9 Å². The number of carbonyl (C=O) groups excluding carboxylic acids is 1. The Labute approximate surface area is 237 Å². The Hall–Kier alpha value is -3.24. The van der Waals surface area contributed by atoms with Crippen molar-refractivity contribution in [1.29, 1.82) is 0 Å². The number of nitrogens with one attached hydrogen (secondary N) is 1. The van der Waals surface area contributed by atoms with Crippen molar-refractivity contribution in [2.75, 3.05) is 83.1 Å². The molecule has 1 aliphatic heterocycles. The van der Waals surface area contributed by atoms with Crippen LogP contribution in [0.1, 0.15) is 5.56 Å². The Morgan fingerprint density at radius 3 is 1.62 bits per heavy atom. The van der Waals surface area contributed by atoms with Crippen LogP contribution >= 0.6 is 12.6 Å². The molecule has 15 heteroatoms. The molecule has 1 aromatic rings. The zero-order chi connectivity index (χ0) is 29.7. The van der Waals surface area contributed by atoms with Gasteiger partial charge in [-0.2, -0.15) is 12.6 Å². The average Bonchev–Trinajstić information content (AvgIpc) is 2.86. The molecule has 5 N–H and O–H groups in total. The summed E-state index contributed by atoms with van der Waals surface area (Å²) < 4.78 is 0. The summed E-state index contributed by atoms with van der Waals surface area (Å²) in [4.78, 5) is 64.6. The van der Waals surface area contributed by atoms with Crippen molar-refractivity contribution in [3.05, 3.63) is 29.8 Å². The summed E-state index contributed by atoms with van der Waals surface area (Å²) in [6, 6.07) is 6.53. The van der Waals surface area contributed by atoms with Crippen molar-refractivity contribution in [1.82, 2.24) is 19.6 Å². The Bertz CT molecular complexity index is 1030. The van der Waals surface area contributed by atoms with Crippen LogP contribution in [-0.2, 0) is 30.4 Å². The largest absolute Gasteiger partial charge is 0.480 e. The van der Waals surface area contributed by atoms with Gasteiger partial charge in [0.25, 0.3) is 0 Å². The fraction of sp³-hybridized carbons (Fsp3) is 0.560. The van der Waals surface area contributed by atoms with E-state index >= 15 is 0 Å². The van der Waals surface area contributed by atoms with Crippen LogP contribution in [-0.4, -0.2) is 154 Å². The van der Waals surface area contributed by atoms with Gasteiger partial charge in [-0.1, -0.05) is 12.1 Å². The Kier molecular flexibility index (Phi) is 13.8. The molecular formula is C25H37N5O9S. The molecule has 222 valence electrons. The molecule has 0 aliphatic carbocycles. The summed E-state index contributed by atoms with van der Waals surface area (Å²) in [7, 11) is 0. The summed E-state index contributed by atoms with van der Waals surface area (Å²) in [6.45, 7) is 0.274. The topological polar surface area (TPSA) is 191 Å². The molecule has 1 unspecified atom stereocenters. The molecular weight excluding hydrogens is 546 g/mol. The third kappa shape index (κ3) is 12.7. The molecule has 0 aromatic heterocycles. The first-order valence-electron chi connectivity index (χ1n) is 12.7. The van der Waals surface area contributed by atoms with E-state index < -0.39 is 29.9 Å². The molecule has 0 saturated carbocycles. The number of thiol groups is 1. The van der Waals surface area contributed by atoms with E-state index in [1.807, 2.05) is 0 Å². The number of benzene rings is 1. The molecule has 0 bridgehead atoms. The van der Waals surface area contributed by atoms with Gasteiger partial charge in [-0.25, -0.2) is 0 Å². The third-order valence-electron chi connectivity index (χ3n) is 6.42. The van der Waals surface area contributed by atoms with Gasteiger partial charge >= 0.3 is 23.9 Å². The molecule has 1 fully saturated rings. The zero-order valence-electron chi connectivity index (χ0n) is 22.1. The van der Waals surface area contributed by atoms with Crippen LogP contribution in [0.25, 0.3) is 0 Å². The SMILES string of the molecule is O=C(O)CN1CCN(CC(=O)O)CCN(CC(=O)O)C(Cc2ccc(NC(=O)CS)cc2)CN(CC(=O)O)CC1. The maximum atomic E-state index is 11.8. The van der Waals surface area contributed by atoms with Crippen LogP contribution in [0.2, 0.25) is 0 Å². The van der Waals surface area contributed by atoms with Crippen LogP contribution in [0.3, 0.4) is 0 Å². The molecule has 2 rings (SSSR count). The second-order valence-corrected chi connectivity index (χ2v) is 9.91. The predicted octanol–water partition coefficient (Wildman–Crippen LogP) is -0.974. The van der Waals surface area contributed by atoms with Crippen molar-refractivity contribution in [2.24, 2.45) is 0 Å². The number of nitrogens with zero attached hydrogens (tertiary/aromatic N) is 4. The van der Waals surface area contributed by atoms with Crippen molar-refractivity contribution in [3.8, 4) is 0 Å². The maximum absolute atomic E-state index is 11.8. The van der Waals surface area contributed by atoms with Crippen molar-refractivity contribution >= 4 is 48.1 Å². The van der Waals surface area contributed by atoms with Crippen LogP contribution in [0, 0.1) is 0 Å². The second kappa shape index (κ2) is 16.8. The van der Waals surface area contributed by atoms with Crippen LogP contribution in [0.5, 0.6) is 0 Å². The number of carbonyl (C=O) groups is 5.